The van der Waals surface area contributed by atoms with Gasteiger partial charge in [0.2, 0.25) is 5.91 Å². The molecule has 24 heavy (non-hydrogen) atoms. The lowest BCUT2D eigenvalue weighted by Gasteiger charge is -2.29. The smallest absolute Gasteiger partial charge is 0.292 e. The van der Waals surface area contributed by atoms with E-state index in [0.29, 0.717) is 10.7 Å². The average Bonchev–Trinajstić information content (AvgIpc) is 2.89. The third kappa shape index (κ3) is 2.62. The van der Waals surface area contributed by atoms with E-state index in [2.05, 4.69) is 18.2 Å². The van der Waals surface area contributed by atoms with Gasteiger partial charge in [0.05, 0.1) is 18.7 Å². The van der Waals surface area contributed by atoms with Crippen LogP contribution in [-0.4, -0.2) is 24.4 Å². The zero-order valence-corrected chi connectivity index (χ0v) is 13.9. The molecule has 0 spiro atoms. The second kappa shape index (κ2) is 6.04. The van der Waals surface area contributed by atoms with Gasteiger partial charge in [0.1, 0.15) is 6.54 Å². The molecule has 5 heteroatoms. The highest BCUT2D eigenvalue weighted by atomic mass is 35.5. The van der Waals surface area contributed by atoms with Crippen molar-refractivity contribution in [2.45, 2.75) is 25.4 Å². The zero-order chi connectivity index (χ0) is 16.7. The SMILES string of the molecule is O=C1C[C@@H]([NH+]2CCc3ccccc3C2)C(=O)N1c1cccc(Cl)c1. The van der Waals surface area contributed by atoms with Gasteiger partial charge in [-0.05, 0) is 23.8 Å². The number of benzene rings is 2. The van der Waals surface area contributed by atoms with Crippen LogP contribution in [0.1, 0.15) is 17.5 Å². The number of halogens is 1. The van der Waals surface area contributed by atoms with E-state index in [1.807, 2.05) is 6.07 Å². The Bertz CT molecular complexity index is 821. The molecule has 4 rings (SSSR count). The fourth-order valence-electron chi connectivity index (χ4n) is 3.74. The predicted molar refractivity (Wildman–Crippen MR) is 92.0 cm³/mol. The van der Waals surface area contributed by atoms with E-state index in [-0.39, 0.29) is 24.3 Å². The number of fused-ring (bicyclic) bond motifs is 1. The lowest BCUT2D eigenvalue weighted by atomic mass is 9.98. The Morgan fingerprint density at radius 3 is 2.62 bits per heavy atom. The Labute approximate surface area is 145 Å². The van der Waals surface area contributed by atoms with Gasteiger partial charge in [-0.15, -0.1) is 0 Å². The number of amides is 2. The molecule has 0 aliphatic carbocycles. The third-order valence-corrected chi connectivity index (χ3v) is 5.19. The normalized spacial score (nSPS) is 23.5. The molecule has 2 aliphatic rings. The van der Waals surface area contributed by atoms with Gasteiger partial charge in [0.15, 0.2) is 6.04 Å². The first-order valence-electron chi connectivity index (χ1n) is 8.17. The number of rotatable bonds is 2. The lowest BCUT2D eigenvalue weighted by molar-refractivity contribution is -0.930. The van der Waals surface area contributed by atoms with Crippen LogP contribution in [0.25, 0.3) is 0 Å². The van der Waals surface area contributed by atoms with Crippen LogP contribution in [0, 0.1) is 0 Å². The van der Waals surface area contributed by atoms with Crippen molar-refractivity contribution in [1.29, 1.82) is 0 Å². The Hall–Kier alpha value is -2.17. The highest BCUT2D eigenvalue weighted by Gasteiger charge is 2.46. The molecule has 2 amide bonds. The van der Waals surface area contributed by atoms with Crippen molar-refractivity contribution in [2.24, 2.45) is 0 Å². The molecule has 0 radical (unpaired) electrons. The number of carbonyl (C=O) groups excluding carboxylic acids is 2. The third-order valence-electron chi connectivity index (χ3n) is 4.96. The van der Waals surface area contributed by atoms with Crippen molar-refractivity contribution < 1.29 is 14.5 Å². The molecular formula is C19H18ClN2O2+. The van der Waals surface area contributed by atoms with Gasteiger partial charge >= 0.3 is 0 Å². The second-order valence-corrected chi connectivity index (χ2v) is 6.84. The number of imide groups is 1. The van der Waals surface area contributed by atoms with Crippen molar-refractivity contribution in [3.8, 4) is 0 Å². The number of nitrogens with zero attached hydrogens (tertiary/aromatic N) is 1. The van der Waals surface area contributed by atoms with E-state index in [4.69, 9.17) is 11.6 Å². The molecule has 1 unspecified atom stereocenters. The Morgan fingerprint density at radius 2 is 1.83 bits per heavy atom. The van der Waals surface area contributed by atoms with Crippen LogP contribution >= 0.6 is 11.6 Å². The summed E-state index contributed by atoms with van der Waals surface area (Å²) in [7, 11) is 0. The Balaban J connectivity index is 1.58. The van der Waals surface area contributed by atoms with Gasteiger partial charge in [0, 0.05) is 17.0 Å². The molecule has 122 valence electrons. The summed E-state index contributed by atoms with van der Waals surface area (Å²) in [5, 5.41) is 0.524. The summed E-state index contributed by atoms with van der Waals surface area (Å²) in [6, 6.07) is 15.0. The molecule has 1 N–H and O–H groups in total. The number of carbonyl (C=O) groups is 2. The predicted octanol–water partition coefficient (Wildman–Crippen LogP) is 1.61. The molecule has 0 bridgehead atoms. The van der Waals surface area contributed by atoms with Crippen LogP contribution in [0.3, 0.4) is 0 Å². The van der Waals surface area contributed by atoms with Crippen LogP contribution in [0.2, 0.25) is 5.02 Å². The summed E-state index contributed by atoms with van der Waals surface area (Å²) in [5.41, 5.74) is 3.20. The number of hydrogen-bond acceptors (Lipinski definition) is 2. The van der Waals surface area contributed by atoms with Gasteiger partial charge < -0.3 is 4.90 Å². The van der Waals surface area contributed by atoms with E-state index in [9.17, 15) is 9.59 Å². The van der Waals surface area contributed by atoms with Crippen molar-refractivity contribution in [2.75, 3.05) is 11.4 Å². The number of anilines is 1. The molecule has 2 atom stereocenters. The van der Waals surface area contributed by atoms with Crippen molar-refractivity contribution in [3.05, 3.63) is 64.7 Å². The molecular weight excluding hydrogens is 324 g/mol. The zero-order valence-electron chi connectivity index (χ0n) is 13.2. The maximum Gasteiger partial charge on any atom is 0.292 e. The quantitative estimate of drug-likeness (QED) is 0.843. The Morgan fingerprint density at radius 1 is 1.04 bits per heavy atom. The van der Waals surface area contributed by atoms with Crippen molar-refractivity contribution in [3.63, 3.8) is 0 Å². The number of hydrogen-bond donors (Lipinski definition) is 1. The summed E-state index contributed by atoms with van der Waals surface area (Å²) in [6.07, 6.45) is 1.21. The largest absolute Gasteiger partial charge is 0.320 e. The molecule has 2 aliphatic heterocycles. The monoisotopic (exact) mass is 341 g/mol. The minimum absolute atomic E-state index is 0.114. The highest BCUT2D eigenvalue weighted by Crippen LogP contribution is 2.25. The van der Waals surface area contributed by atoms with E-state index in [0.717, 1.165) is 19.5 Å². The second-order valence-electron chi connectivity index (χ2n) is 6.41. The molecule has 2 aromatic carbocycles. The summed E-state index contributed by atoms with van der Waals surface area (Å²) in [4.78, 5) is 27.8. The van der Waals surface area contributed by atoms with Gasteiger partial charge in [-0.3, -0.25) is 9.59 Å². The fraction of sp³-hybridized carbons (Fsp3) is 0.263. The van der Waals surface area contributed by atoms with E-state index in [1.54, 1.807) is 24.3 Å². The van der Waals surface area contributed by atoms with Crippen LogP contribution < -0.4 is 9.80 Å². The molecule has 1 fully saturated rings. The summed E-state index contributed by atoms with van der Waals surface area (Å²) >= 11 is 6.01. The first-order chi connectivity index (χ1) is 11.6. The molecule has 0 aromatic heterocycles. The van der Waals surface area contributed by atoms with Crippen LogP contribution in [0.5, 0.6) is 0 Å². The first-order valence-corrected chi connectivity index (χ1v) is 8.55. The highest BCUT2D eigenvalue weighted by molar-refractivity contribution is 6.31. The summed E-state index contributed by atoms with van der Waals surface area (Å²) < 4.78 is 0. The topological polar surface area (TPSA) is 41.8 Å². The molecule has 0 saturated carbocycles. The fourth-order valence-corrected chi connectivity index (χ4v) is 3.92. The van der Waals surface area contributed by atoms with Gasteiger partial charge in [-0.25, -0.2) is 4.90 Å². The van der Waals surface area contributed by atoms with E-state index in [1.165, 1.54) is 20.9 Å². The molecule has 4 nitrogen and oxygen atoms in total. The average molecular weight is 342 g/mol. The van der Waals surface area contributed by atoms with Crippen LogP contribution in [0.15, 0.2) is 48.5 Å². The van der Waals surface area contributed by atoms with E-state index < -0.39 is 0 Å². The maximum absolute atomic E-state index is 12.9. The standard InChI is InChI=1S/C19H17ClN2O2/c20-15-6-3-7-16(10-15)22-18(23)11-17(19(22)24)21-9-8-13-4-1-2-5-14(13)12-21/h1-7,10,17H,8-9,11-12H2/p+1/t17-/m1/s1. The Kier molecular flexibility index (Phi) is 3.87. The summed E-state index contributed by atoms with van der Waals surface area (Å²) in [6.45, 7) is 1.67. The molecule has 1 saturated heterocycles. The molecule has 2 heterocycles. The maximum atomic E-state index is 12.9. The molecule has 2 aromatic rings. The van der Waals surface area contributed by atoms with Crippen LogP contribution in [0.4, 0.5) is 5.69 Å². The number of nitrogens with one attached hydrogen (secondary N) is 1. The van der Waals surface area contributed by atoms with Gasteiger partial charge in [0.25, 0.3) is 5.91 Å². The number of quaternary nitrogens is 1. The first kappa shape index (κ1) is 15.4. The van der Waals surface area contributed by atoms with Gasteiger partial charge in [-0.1, -0.05) is 41.9 Å². The van der Waals surface area contributed by atoms with Gasteiger partial charge in [-0.2, -0.15) is 0 Å². The lowest BCUT2D eigenvalue weighted by Crippen LogP contribution is -3.16. The van der Waals surface area contributed by atoms with Crippen LogP contribution in [-0.2, 0) is 22.6 Å². The minimum Gasteiger partial charge on any atom is -0.320 e. The minimum atomic E-state index is -0.301. The van der Waals surface area contributed by atoms with E-state index >= 15 is 0 Å². The summed E-state index contributed by atoms with van der Waals surface area (Å²) in [5.74, 6) is -0.254. The van der Waals surface area contributed by atoms with Crippen molar-refractivity contribution >= 4 is 29.1 Å². The van der Waals surface area contributed by atoms with Crippen molar-refractivity contribution in [1.82, 2.24) is 0 Å².